The summed E-state index contributed by atoms with van der Waals surface area (Å²) in [6, 6.07) is -1.05. The van der Waals surface area contributed by atoms with E-state index in [2.05, 4.69) is 15.5 Å². The smallest absolute Gasteiger partial charge is 0.350 e. The maximum Gasteiger partial charge on any atom is 0.350 e. The number of carbonyl (C=O) groups is 4. The number of carbonyl (C=O) groups excluding carboxylic acids is 2. The molecule has 168 valence electrons. The molecule has 31 heavy (non-hydrogen) atoms. The van der Waals surface area contributed by atoms with Gasteiger partial charge >= 0.3 is 11.9 Å². The second-order valence-electron chi connectivity index (χ2n) is 7.62. The molecule has 0 spiro atoms. The number of carboxylic acid groups (broad SMARTS) is 2. The van der Waals surface area contributed by atoms with Gasteiger partial charge < -0.3 is 26.1 Å². The van der Waals surface area contributed by atoms with E-state index in [4.69, 9.17) is 20.5 Å². The number of nitrogens with zero attached hydrogens (tertiary/aromatic N) is 3. The van der Waals surface area contributed by atoms with Gasteiger partial charge in [0.15, 0.2) is 17.5 Å². The van der Waals surface area contributed by atoms with Crippen molar-refractivity contribution in [1.29, 1.82) is 0 Å². The average Bonchev–Trinajstić information content (AvgIpc) is 3.06. The standard InChI is InChI=1S/C17H21N5O8S/c1-16(2)11(13(26)22(16)29-6-9(23)24)20-12(25)10(8-7-31-15(18)19-8)21-30-17(14(27)28)4-3-5-17/h7,11H,3-6H2,1-2H3,(H2,18,19)(H,20,25)(H,23,24)(H,27,28)/b21-10-/t11-/m1/s1. The predicted octanol–water partition coefficient (Wildman–Crippen LogP) is -0.425. The Bertz CT molecular complexity index is 954. The molecule has 1 saturated heterocycles. The lowest BCUT2D eigenvalue weighted by Gasteiger charge is -2.51. The molecule has 14 heteroatoms. The number of β-lactam (4-membered cyclic amide) rings is 1. The highest BCUT2D eigenvalue weighted by Gasteiger charge is 2.57. The number of carboxylic acids is 2. The van der Waals surface area contributed by atoms with Crippen LogP contribution in [0.1, 0.15) is 38.8 Å². The van der Waals surface area contributed by atoms with Gasteiger partial charge in [-0.25, -0.2) is 19.6 Å². The zero-order valence-electron chi connectivity index (χ0n) is 16.7. The first kappa shape index (κ1) is 22.4. The van der Waals surface area contributed by atoms with Crippen LogP contribution < -0.4 is 11.1 Å². The second-order valence-corrected chi connectivity index (χ2v) is 8.50. The largest absolute Gasteiger partial charge is 0.479 e. The van der Waals surface area contributed by atoms with Crippen molar-refractivity contribution in [2.45, 2.75) is 50.3 Å². The van der Waals surface area contributed by atoms with Crippen molar-refractivity contribution in [2.24, 2.45) is 5.16 Å². The van der Waals surface area contributed by atoms with Gasteiger partial charge in [0, 0.05) is 18.2 Å². The van der Waals surface area contributed by atoms with Crippen LogP contribution in [0.5, 0.6) is 0 Å². The van der Waals surface area contributed by atoms with Gasteiger partial charge in [-0.2, -0.15) is 0 Å². The Morgan fingerprint density at radius 1 is 1.39 bits per heavy atom. The van der Waals surface area contributed by atoms with E-state index in [0.29, 0.717) is 6.42 Å². The van der Waals surface area contributed by atoms with Crippen LogP contribution in [0, 0.1) is 0 Å². The van der Waals surface area contributed by atoms with E-state index < -0.39 is 47.5 Å². The molecule has 1 aromatic rings. The first-order valence-electron chi connectivity index (χ1n) is 9.18. The Balaban J connectivity index is 1.78. The SMILES string of the molecule is CC1(C)[C@H](NC(=O)/C(=N\OC2(C(=O)O)CCC2)c2csc(N)n2)C(=O)N1OCC(=O)O. The summed E-state index contributed by atoms with van der Waals surface area (Å²) in [4.78, 5) is 61.6. The monoisotopic (exact) mass is 455 g/mol. The lowest BCUT2D eigenvalue weighted by atomic mass is 9.80. The number of hydrogen-bond donors (Lipinski definition) is 4. The lowest BCUT2D eigenvalue weighted by Crippen LogP contribution is -2.76. The molecule has 2 aliphatic rings. The van der Waals surface area contributed by atoms with Gasteiger partial charge in [0.1, 0.15) is 11.7 Å². The van der Waals surface area contributed by atoms with Crippen molar-refractivity contribution in [1.82, 2.24) is 15.4 Å². The summed E-state index contributed by atoms with van der Waals surface area (Å²) in [5.41, 5.74) is 2.78. The topological polar surface area (TPSA) is 194 Å². The van der Waals surface area contributed by atoms with Crippen LogP contribution in [0.3, 0.4) is 0 Å². The minimum absolute atomic E-state index is 0.0587. The van der Waals surface area contributed by atoms with Crippen LogP contribution in [0.15, 0.2) is 10.5 Å². The Morgan fingerprint density at radius 3 is 2.52 bits per heavy atom. The van der Waals surface area contributed by atoms with Gasteiger partial charge in [-0.1, -0.05) is 5.16 Å². The summed E-state index contributed by atoms with van der Waals surface area (Å²) < 4.78 is 0. The van der Waals surface area contributed by atoms with Crippen molar-refractivity contribution < 1.29 is 39.1 Å². The maximum absolute atomic E-state index is 12.9. The van der Waals surface area contributed by atoms with E-state index in [9.17, 15) is 24.3 Å². The number of anilines is 1. The molecule has 1 saturated carbocycles. The summed E-state index contributed by atoms with van der Waals surface area (Å²) in [5, 5.41) is 26.8. The van der Waals surface area contributed by atoms with E-state index in [-0.39, 0.29) is 29.4 Å². The van der Waals surface area contributed by atoms with Gasteiger partial charge in [-0.15, -0.1) is 11.3 Å². The minimum Gasteiger partial charge on any atom is -0.479 e. The van der Waals surface area contributed by atoms with E-state index >= 15 is 0 Å². The highest BCUT2D eigenvalue weighted by Crippen LogP contribution is 2.36. The van der Waals surface area contributed by atoms with E-state index in [1.165, 1.54) is 5.38 Å². The number of rotatable bonds is 9. The molecule has 2 heterocycles. The van der Waals surface area contributed by atoms with Crippen molar-refractivity contribution in [3.63, 3.8) is 0 Å². The molecule has 0 aromatic carbocycles. The molecular formula is C17H21N5O8S. The van der Waals surface area contributed by atoms with Crippen LogP contribution in [0.4, 0.5) is 5.13 Å². The predicted molar refractivity (Wildman–Crippen MR) is 105 cm³/mol. The number of hydroxylamine groups is 2. The molecule has 5 N–H and O–H groups in total. The molecule has 1 aliphatic carbocycles. The molecule has 0 radical (unpaired) electrons. The maximum atomic E-state index is 12.9. The van der Waals surface area contributed by atoms with Crippen LogP contribution in [-0.2, 0) is 28.9 Å². The fourth-order valence-electron chi connectivity index (χ4n) is 3.12. The van der Waals surface area contributed by atoms with E-state index in [0.717, 1.165) is 16.4 Å². The van der Waals surface area contributed by atoms with Crippen molar-refractivity contribution in [3.05, 3.63) is 11.1 Å². The highest BCUT2D eigenvalue weighted by molar-refractivity contribution is 7.13. The van der Waals surface area contributed by atoms with Gasteiger partial charge in [-0.05, 0) is 20.3 Å². The minimum atomic E-state index is -1.51. The van der Waals surface area contributed by atoms with Crippen molar-refractivity contribution >= 4 is 45.9 Å². The van der Waals surface area contributed by atoms with Gasteiger partial charge in [0.2, 0.25) is 5.60 Å². The lowest BCUT2D eigenvalue weighted by molar-refractivity contribution is -0.257. The van der Waals surface area contributed by atoms with Gasteiger partial charge in [0.05, 0.1) is 5.54 Å². The van der Waals surface area contributed by atoms with Gasteiger partial charge in [-0.3, -0.25) is 14.4 Å². The molecule has 2 amide bonds. The van der Waals surface area contributed by atoms with Crippen LogP contribution in [0.2, 0.25) is 0 Å². The summed E-state index contributed by atoms with van der Waals surface area (Å²) in [5.74, 6) is -3.94. The quantitative estimate of drug-likeness (QED) is 0.216. The molecule has 0 unspecified atom stereocenters. The number of nitrogens with two attached hydrogens (primary N) is 1. The number of thiazole rings is 1. The third-order valence-corrected chi connectivity index (χ3v) is 5.79. The normalized spacial score (nSPS) is 21.6. The second kappa shape index (κ2) is 8.11. The molecule has 2 fully saturated rings. The number of nitrogens with one attached hydrogen (secondary N) is 1. The summed E-state index contributed by atoms with van der Waals surface area (Å²) >= 11 is 1.04. The van der Waals surface area contributed by atoms with Gasteiger partial charge in [0.25, 0.3) is 11.8 Å². The third-order valence-electron chi connectivity index (χ3n) is 5.11. The number of oxime groups is 1. The molecule has 1 aromatic heterocycles. The number of aromatic nitrogens is 1. The van der Waals surface area contributed by atoms with Crippen LogP contribution in [-0.4, -0.2) is 73.5 Å². The third kappa shape index (κ3) is 4.16. The average molecular weight is 455 g/mol. The Kier molecular flexibility index (Phi) is 5.87. The van der Waals surface area contributed by atoms with Crippen molar-refractivity contribution in [2.75, 3.05) is 12.3 Å². The zero-order chi connectivity index (χ0) is 23.0. The number of aliphatic carboxylic acids is 2. The molecule has 1 atom stereocenters. The number of hydrogen-bond acceptors (Lipinski definition) is 10. The Morgan fingerprint density at radius 2 is 2.06 bits per heavy atom. The summed E-state index contributed by atoms with van der Waals surface area (Å²) in [7, 11) is 0. The first-order chi connectivity index (χ1) is 14.5. The summed E-state index contributed by atoms with van der Waals surface area (Å²) in [6.07, 6.45) is 1.12. The van der Waals surface area contributed by atoms with Crippen LogP contribution in [0.25, 0.3) is 0 Å². The number of nitrogen functional groups attached to an aromatic ring is 1. The zero-order valence-corrected chi connectivity index (χ0v) is 17.5. The Hall–Kier alpha value is -3.26. The fraction of sp³-hybridized carbons (Fsp3) is 0.529. The molecular weight excluding hydrogens is 434 g/mol. The highest BCUT2D eigenvalue weighted by atomic mass is 32.1. The van der Waals surface area contributed by atoms with E-state index in [1.54, 1.807) is 13.8 Å². The first-order valence-corrected chi connectivity index (χ1v) is 10.1. The molecule has 0 bridgehead atoms. The summed E-state index contributed by atoms with van der Waals surface area (Å²) in [6.45, 7) is 2.43. The molecule has 1 aliphatic heterocycles. The number of amides is 2. The van der Waals surface area contributed by atoms with Crippen LogP contribution >= 0.6 is 11.3 Å². The molecule has 3 rings (SSSR count). The van der Waals surface area contributed by atoms with E-state index in [1.807, 2.05) is 0 Å². The fourth-order valence-corrected chi connectivity index (χ4v) is 3.67. The Labute approximate surface area is 179 Å². The molecule has 13 nitrogen and oxygen atoms in total. The van der Waals surface area contributed by atoms with Crippen molar-refractivity contribution in [3.8, 4) is 0 Å².